The van der Waals surface area contributed by atoms with E-state index in [0.29, 0.717) is 17.0 Å². The minimum Gasteiger partial charge on any atom is -0.495 e. The molecule has 19 heavy (non-hydrogen) atoms. The van der Waals surface area contributed by atoms with Gasteiger partial charge in [0.05, 0.1) is 13.2 Å². The zero-order valence-corrected chi connectivity index (χ0v) is 10.2. The predicted octanol–water partition coefficient (Wildman–Crippen LogP) is 1.92. The van der Waals surface area contributed by atoms with Gasteiger partial charge in [0.15, 0.2) is 0 Å². The molecule has 0 aliphatic heterocycles. The van der Waals surface area contributed by atoms with E-state index in [2.05, 4.69) is 10.4 Å². The molecule has 0 saturated heterocycles. The lowest BCUT2D eigenvalue weighted by atomic mass is 10.0. The van der Waals surface area contributed by atoms with Crippen molar-refractivity contribution in [1.82, 2.24) is 10.4 Å². The number of pyridine rings is 1. The van der Waals surface area contributed by atoms with Crippen LogP contribution < -0.4 is 16.0 Å². The molecule has 0 radical (unpaired) electrons. The van der Waals surface area contributed by atoms with Crippen molar-refractivity contribution in [3.8, 4) is 5.75 Å². The number of benzene rings is 1. The van der Waals surface area contributed by atoms with Crippen LogP contribution in [0.1, 0.15) is 17.3 Å². The summed E-state index contributed by atoms with van der Waals surface area (Å²) in [6.07, 6.45) is 1.55. The van der Waals surface area contributed by atoms with Crippen molar-refractivity contribution in [1.29, 1.82) is 0 Å². The van der Waals surface area contributed by atoms with Crippen molar-refractivity contribution in [3.63, 3.8) is 0 Å². The van der Waals surface area contributed by atoms with E-state index in [4.69, 9.17) is 10.6 Å². The van der Waals surface area contributed by atoms with Crippen LogP contribution in [0.15, 0.2) is 36.5 Å². The highest BCUT2D eigenvalue weighted by atomic mass is 19.1. The highest BCUT2D eigenvalue weighted by molar-refractivity contribution is 5.37. The summed E-state index contributed by atoms with van der Waals surface area (Å²) < 4.78 is 31.7. The molecular formula is C13H13F2N3O. The van der Waals surface area contributed by atoms with Gasteiger partial charge in [-0.25, -0.2) is 14.2 Å². The van der Waals surface area contributed by atoms with Gasteiger partial charge in [-0.1, -0.05) is 0 Å². The third kappa shape index (κ3) is 2.86. The van der Waals surface area contributed by atoms with E-state index in [1.807, 2.05) is 0 Å². The van der Waals surface area contributed by atoms with Crippen molar-refractivity contribution < 1.29 is 13.5 Å². The summed E-state index contributed by atoms with van der Waals surface area (Å²) in [6, 6.07) is 5.92. The maximum absolute atomic E-state index is 13.3. The Hall–Kier alpha value is -2.05. The average molecular weight is 265 g/mol. The molecule has 6 heteroatoms. The first-order valence-corrected chi connectivity index (χ1v) is 5.56. The third-order valence-electron chi connectivity index (χ3n) is 2.68. The molecule has 0 fully saturated rings. The van der Waals surface area contributed by atoms with E-state index >= 15 is 0 Å². The number of hydrogen-bond acceptors (Lipinski definition) is 4. The second kappa shape index (κ2) is 5.73. The Labute approximate surface area is 109 Å². The zero-order valence-electron chi connectivity index (χ0n) is 10.2. The molecule has 0 aliphatic carbocycles. The highest BCUT2D eigenvalue weighted by Crippen LogP contribution is 2.28. The minimum absolute atomic E-state index is 0.331. The number of ether oxygens (including phenoxy) is 1. The number of methoxy groups -OCH3 is 1. The fourth-order valence-electron chi connectivity index (χ4n) is 1.87. The first kappa shape index (κ1) is 13.4. The summed E-state index contributed by atoms with van der Waals surface area (Å²) in [5.41, 5.74) is 3.27. The van der Waals surface area contributed by atoms with Crippen LogP contribution in [0.5, 0.6) is 5.75 Å². The smallest absolute Gasteiger partial charge is 0.142 e. The van der Waals surface area contributed by atoms with Crippen LogP contribution in [-0.4, -0.2) is 12.1 Å². The molecule has 1 unspecified atom stereocenters. The van der Waals surface area contributed by atoms with Gasteiger partial charge in [-0.2, -0.15) is 0 Å². The number of halogens is 2. The second-order valence-corrected chi connectivity index (χ2v) is 3.89. The first-order chi connectivity index (χ1) is 9.15. The normalized spacial score (nSPS) is 12.2. The first-order valence-electron chi connectivity index (χ1n) is 5.56. The molecule has 1 aromatic carbocycles. The maximum Gasteiger partial charge on any atom is 0.142 e. The molecule has 1 heterocycles. The van der Waals surface area contributed by atoms with Crippen molar-refractivity contribution in [3.05, 3.63) is 59.4 Å². The van der Waals surface area contributed by atoms with Crippen LogP contribution in [0.4, 0.5) is 8.78 Å². The standard InChI is InChI=1S/C13H13F2N3O/c1-19-11-3-2-4-17-13(11)12(18-16)8-5-9(14)7-10(15)6-8/h2-7,12,18H,16H2,1H3. The Morgan fingerprint density at radius 1 is 1.26 bits per heavy atom. The van der Waals surface area contributed by atoms with Gasteiger partial charge in [0.1, 0.15) is 23.1 Å². The third-order valence-corrected chi connectivity index (χ3v) is 2.68. The maximum atomic E-state index is 13.3. The molecule has 2 aromatic rings. The number of rotatable bonds is 4. The molecule has 0 spiro atoms. The number of nitrogens with zero attached hydrogens (tertiary/aromatic N) is 1. The number of hydrazine groups is 1. The molecule has 4 nitrogen and oxygen atoms in total. The van der Waals surface area contributed by atoms with Crippen LogP contribution in [-0.2, 0) is 0 Å². The molecule has 100 valence electrons. The SMILES string of the molecule is COc1cccnc1C(NN)c1cc(F)cc(F)c1. The molecule has 1 atom stereocenters. The van der Waals surface area contributed by atoms with E-state index < -0.39 is 17.7 Å². The van der Waals surface area contributed by atoms with Crippen molar-refractivity contribution in [2.75, 3.05) is 7.11 Å². The summed E-state index contributed by atoms with van der Waals surface area (Å²) in [7, 11) is 1.49. The summed E-state index contributed by atoms with van der Waals surface area (Å²) in [5.74, 6) is 4.60. The van der Waals surface area contributed by atoms with Crippen molar-refractivity contribution in [2.24, 2.45) is 5.84 Å². The van der Waals surface area contributed by atoms with Crippen molar-refractivity contribution >= 4 is 0 Å². The number of nitrogens with one attached hydrogen (secondary N) is 1. The molecule has 2 rings (SSSR count). The summed E-state index contributed by atoms with van der Waals surface area (Å²) in [4.78, 5) is 4.14. The quantitative estimate of drug-likeness (QED) is 0.655. The van der Waals surface area contributed by atoms with E-state index in [1.54, 1.807) is 18.3 Å². The fraction of sp³-hybridized carbons (Fsp3) is 0.154. The molecule has 0 saturated carbocycles. The molecule has 0 amide bonds. The Bertz CT molecular complexity index is 557. The van der Waals surface area contributed by atoms with Gasteiger partial charge in [-0.15, -0.1) is 0 Å². The van der Waals surface area contributed by atoms with Crippen molar-refractivity contribution in [2.45, 2.75) is 6.04 Å². The molecule has 1 aromatic heterocycles. The lowest BCUT2D eigenvalue weighted by molar-refractivity contribution is 0.400. The van der Waals surface area contributed by atoms with Gasteiger partial charge >= 0.3 is 0 Å². The Morgan fingerprint density at radius 2 is 1.95 bits per heavy atom. The Kier molecular flexibility index (Phi) is 4.03. The zero-order chi connectivity index (χ0) is 13.8. The molecule has 0 aliphatic rings. The van der Waals surface area contributed by atoms with Crippen LogP contribution >= 0.6 is 0 Å². The van der Waals surface area contributed by atoms with E-state index in [0.717, 1.165) is 6.07 Å². The monoisotopic (exact) mass is 265 g/mol. The highest BCUT2D eigenvalue weighted by Gasteiger charge is 2.19. The van der Waals surface area contributed by atoms with Gasteiger partial charge in [0.25, 0.3) is 0 Å². The topological polar surface area (TPSA) is 60.2 Å². The molecule has 0 bridgehead atoms. The van der Waals surface area contributed by atoms with Crippen LogP contribution in [0.3, 0.4) is 0 Å². The second-order valence-electron chi connectivity index (χ2n) is 3.89. The number of hydrogen-bond donors (Lipinski definition) is 2. The predicted molar refractivity (Wildman–Crippen MR) is 66.3 cm³/mol. The van der Waals surface area contributed by atoms with Gasteiger partial charge in [-0.05, 0) is 29.8 Å². The number of aromatic nitrogens is 1. The fourth-order valence-corrected chi connectivity index (χ4v) is 1.87. The van der Waals surface area contributed by atoms with E-state index in [-0.39, 0.29) is 0 Å². The summed E-state index contributed by atoms with van der Waals surface area (Å²) >= 11 is 0. The lowest BCUT2D eigenvalue weighted by Crippen LogP contribution is -2.30. The van der Waals surface area contributed by atoms with Gasteiger partial charge in [-0.3, -0.25) is 10.8 Å². The lowest BCUT2D eigenvalue weighted by Gasteiger charge is -2.18. The molecule has 3 N–H and O–H groups in total. The average Bonchev–Trinajstić information content (AvgIpc) is 2.39. The van der Waals surface area contributed by atoms with E-state index in [9.17, 15) is 8.78 Å². The van der Waals surface area contributed by atoms with Gasteiger partial charge in [0, 0.05) is 12.3 Å². The molecular weight excluding hydrogens is 252 g/mol. The van der Waals surface area contributed by atoms with Gasteiger partial charge < -0.3 is 4.74 Å². The Morgan fingerprint density at radius 3 is 2.53 bits per heavy atom. The van der Waals surface area contributed by atoms with Crippen LogP contribution in [0.25, 0.3) is 0 Å². The Balaban J connectivity index is 2.49. The van der Waals surface area contributed by atoms with E-state index in [1.165, 1.54) is 19.2 Å². The summed E-state index contributed by atoms with van der Waals surface area (Å²) in [5, 5.41) is 0. The largest absolute Gasteiger partial charge is 0.495 e. The number of nitrogens with two attached hydrogens (primary N) is 1. The summed E-state index contributed by atoms with van der Waals surface area (Å²) in [6.45, 7) is 0. The minimum atomic E-state index is -0.676. The van der Waals surface area contributed by atoms with Crippen LogP contribution in [0.2, 0.25) is 0 Å². The van der Waals surface area contributed by atoms with Gasteiger partial charge in [0.2, 0.25) is 0 Å². The van der Waals surface area contributed by atoms with Crippen LogP contribution in [0, 0.1) is 11.6 Å².